The lowest BCUT2D eigenvalue weighted by Crippen LogP contribution is -2.43. The van der Waals surface area contributed by atoms with Gasteiger partial charge in [0.25, 0.3) is 11.8 Å². The Hall–Kier alpha value is -4.13. The third kappa shape index (κ3) is 4.72. The molecule has 3 aromatic rings. The summed E-state index contributed by atoms with van der Waals surface area (Å²) in [5.74, 6) is -4.39. The molecule has 0 saturated carbocycles. The number of amides is 2. The maximum atomic E-state index is 13.6. The second-order valence-electron chi connectivity index (χ2n) is 7.81. The number of nitrogens with one attached hydrogen (secondary N) is 1. The number of hydrogen-bond acceptors (Lipinski definition) is 5. The van der Waals surface area contributed by atoms with Gasteiger partial charge in [0.1, 0.15) is 6.04 Å². The molecule has 0 unspecified atom stereocenters. The van der Waals surface area contributed by atoms with E-state index in [0.717, 1.165) is 21.5 Å². The molecule has 3 heterocycles. The summed E-state index contributed by atoms with van der Waals surface area (Å²) in [4.78, 5) is 34.2. The van der Waals surface area contributed by atoms with Crippen LogP contribution in [0.3, 0.4) is 0 Å². The second-order valence-corrected chi connectivity index (χ2v) is 7.81. The van der Waals surface area contributed by atoms with Gasteiger partial charge in [0.2, 0.25) is 5.91 Å². The van der Waals surface area contributed by atoms with E-state index >= 15 is 0 Å². The number of halogens is 2. The van der Waals surface area contributed by atoms with Crippen LogP contribution in [0, 0.1) is 11.3 Å². The van der Waals surface area contributed by atoms with Gasteiger partial charge in [-0.15, -0.1) is 0 Å². The lowest BCUT2D eigenvalue weighted by molar-refractivity contribution is -0.131. The standard InChI is InChI=1S/C23H20F2N6O2/c1-30-14-29-19-8-15(3-5-20(19)30)2-4-16-11-27-7-6-18(16)22(33)28-12-21(32)31-13-23(24,25)9-17(31)10-26/h2-8,11,14,17H,9,12-13H2,1H3,(H,28,33)/b4-2+/t17-/m0/s1. The fourth-order valence-corrected chi connectivity index (χ4v) is 3.74. The second kappa shape index (κ2) is 8.78. The fourth-order valence-electron chi connectivity index (χ4n) is 3.74. The molecular formula is C23H20F2N6O2. The molecule has 0 radical (unpaired) electrons. The molecule has 0 spiro atoms. The predicted molar refractivity (Wildman–Crippen MR) is 117 cm³/mol. The van der Waals surface area contributed by atoms with E-state index in [1.807, 2.05) is 35.9 Å². The van der Waals surface area contributed by atoms with Crippen LogP contribution in [-0.2, 0) is 11.8 Å². The number of aryl methyl sites for hydroxylation is 1. The van der Waals surface area contributed by atoms with Crippen LogP contribution in [0.1, 0.15) is 27.9 Å². The van der Waals surface area contributed by atoms with Crippen molar-refractivity contribution in [2.24, 2.45) is 7.05 Å². The number of alkyl halides is 2. The van der Waals surface area contributed by atoms with Gasteiger partial charge in [0, 0.05) is 37.0 Å². The molecule has 4 rings (SSSR count). The van der Waals surface area contributed by atoms with Crippen LogP contribution < -0.4 is 5.32 Å². The number of fused-ring (bicyclic) bond motifs is 1. The van der Waals surface area contributed by atoms with Crippen LogP contribution in [-0.4, -0.2) is 56.3 Å². The molecule has 1 aliphatic heterocycles. The van der Waals surface area contributed by atoms with Gasteiger partial charge in [0.05, 0.1) is 36.5 Å². The van der Waals surface area contributed by atoms with Crippen LogP contribution >= 0.6 is 0 Å². The number of rotatable bonds is 5. The van der Waals surface area contributed by atoms with Crippen LogP contribution in [0.4, 0.5) is 8.78 Å². The summed E-state index contributed by atoms with van der Waals surface area (Å²) in [6.45, 7) is -1.32. The van der Waals surface area contributed by atoms with E-state index in [0.29, 0.717) is 5.56 Å². The lowest BCUT2D eigenvalue weighted by atomic mass is 10.1. The van der Waals surface area contributed by atoms with E-state index in [-0.39, 0.29) is 5.56 Å². The zero-order chi connectivity index (χ0) is 23.6. The zero-order valence-electron chi connectivity index (χ0n) is 17.7. The largest absolute Gasteiger partial charge is 0.343 e. The van der Waals surface area contributed by atoms with Gasteiger partial charge in [-0.25, -0.2) is 13.8 Å². The van der Waals surface area contributed by atoms with Gasteiger partial charge >= 0.3 is 0 Å². The van der Waals surface area contributed by atoms with Gasteiger partial charge in [-0.05, 0) is 23.8 Å². The first-order chi connectivity index (χ1) is 15.8. The molecule has 8 nitrogen and oxygen atoms in total. The molecule has 0 bridgehead atoms. The summed E-state index contributed by atoms with van der Waals surface area (Å²) < 4.78 is 29.1. The average Bonchev–Trinajstić information content (AvgIpc) is 3.34. The topological polar surface area (TPSA) is 104 Å². The van der Waals surface area contributed by atoms with Crippen molar-refractivity contribution < 1.29 is 18.4 Å². The molecule has 1 aromatic carbocycles. The fraction of sp³-hybridized carbons (Fsp3) is 0.261. The van der Waals surface area contributed by atoms with Gasteiger partial charge < -0.3 is 14.8 Å². The molecule has 10 heteroatoms. The Bertz CT molecular complexity index is 1290. The van der Waals surface area contributed by atoms with Gasteiger partial charge in [-0.3, -0.25) is 14.6 Å². The van der Waals surface area contributed by atoms with Crippen molar-refractivity contribution in [3.05, 3.63) is 59.7 Å². The molecule has 2 aromatic heterocycles. The number of benzene rings is 1. The smallest absolute Gasteiger partial charge is 0.268 e. The minimum atomic E-state index is -3.11. The highest BCUT2D eigenvalue weighted by Gasteiger charge is 2.47. The van der Waals surface area contributed by atoms with Gasteiger partial charge in [0.15, 0.2) is 0 Å². The Balaban J connectivity index is 1.45. The molecule has 1 N–H and O–H groups in total. The van der Waals surface area contributed by atoms with E-state index in [1.165, 1.54) is 18.5 Å². The summed E-state index contributed by atoms with van der Waals surface area (Å²) in [6, 6.07) is 7.79. The van der Waals surface area contributed by atoms with E-state index in [2.05, 4.69) is 15.3 Å². The third-order valence-corrected chi connectivity index (χ3v) is 5.44. The molecule has 168 valence electrons. The Kier molecular flexibility index (Phi) is 5.87. The highest BCUT2D eigenvalue weighted by molar-refractivity contribution is 6.00. The van der Waals surface area contributed by atoms with E-state index < -0.39 is 43.3 Å². The van der Waals surface area contributed by atoms with E-state index in [9.17, 15) is 18.4 Å². The van der Waals surface area contributed by atoms with Crippen molar-refractivity contribution in [2.75, 3.05) is 13.1 Å². The Labute approximate surface area is 188 Å². The lowest BCUT2D eigenvalue weighted by Gasteiger charge is -2.19. The maximum Gasteiger partial charge on any atom is 0.268 e. The predicted octanol–water partition coefficient (Wildman–Crippen LogP) is 2.63. The van der Waals surface area contributed by atoms with Crippen LogP contribution in [0.25, 0.3) is 23.2 Å². The monoisotopic (exact) mass is 450 g/mol. The molecule has 1 saturated heterocycles. The van der Waals surface area contributed by atoms with Crippen LogP contribution in [0.2, 0.25) is 0 Å². The summed E-state index contributed by atoms with van der Waals surface area (Å²) in [7, 11) is 1.91. The zero-order valence-corrected chi connectivity index (χ0v) is 17.7. The summed E-state index contributed by atoms with van der Waals surface area (Å²) in [5.41, 5.74) is 3.50. The quantitative estimate of drug-likeness (QED) is 0.644. The van der Waals surface area contributed by atoms with Gasteiger partial charge in [-0.1, -0.05) is 18.2 Å². The van der Waals surface area contributed by atoms with Gasteiger partial charge in [-0.2, -0.15) is 5.26 Å². The normalized spacial score (nSPS) is 17.4. The number of aromatic nitrogens is 3. The number of carbonyl (C=O) groups is 2. The molecule has 2 amide bonds. The number of imidazole rings is 1. The number of carbonyl (C=O) groups excluding carboxylic acids is 2. The van der Waals surface area contributed by atoms with Crippen LogP contribution in [0.5, 0.6) is 0 Å². The number of nitriles is 1. The van der Waals surface area contributed by atoms with Crippen molar-refractivity contribution in [3.63, 3.8) is 0 Å². The van der Waals surface area contributed by atoms with E-state index in [4.69, 9.17) is 5.26 Å². The maximum absolute atomic E-state index is 13.6. The molecular weight excluding hydrogens is 430 g/mol. The SMILES string of the molecule is Cn1cnc2cc(/C=C/c3cnccc3C(=O)NCC(=O)N3CC(F)(F)C[C@H]3C#N)ccc21. The molecule has 1 aliphatic rings. The minimum absolute atomic E-state index is 0.275. The Morgan fingerprint density at radius 1 is 1.33 bits per heavy atom. The number of likely N-dealkylation sites (tertiary alicyclic amines) is 1. The highest BCUT2D eigenvalue weighted by Crippen LogP contribution is 2.31. The summed E-state index contributed by atoms with van der Waals surface area (Å²) in [6.07, 6.45) is 7.52. The van der Waals surface area contributed by atoms with Crippen molar-refractivity contribution in [3.8, 4) is 6.07 Å². The number of hydrogen-bond donors (Lipinski definition) is 1. The molecule has 33 heavy (non-hydrogen) atoms. The third-order valence-electron chi connectivity index (χ3n) is 5.44. The van der Waals surface area contributed by atoms with Crippen molar-refractivity contribution in [1.82, 2.24) is 24.8 Å². The first-order valence-corrected chi connectivity index (χ1v) is 10.2. The first kappa shape index (κ1) is 22.1. The van der Waals surface area contributed by atoms with Crippen molar-refractivity contribution in [2.45, 2.75) is 18.4 Å². The number of pyridine rings is 1. The number of nitrogens with zero attached hydrogens (tertiary/aromatic N) is 5. The summed E-state index contributed by atoms with van der Waals surface area (Å²) in [5, 5.41) is 11.5. The minimum Gasteiger partial charge on any atom is -0.343 e. The van der Waals surface area contributed by atoms with Crippen LogP contribution in [0.15, 0.2) is 43.0 Å². The molecule has 1 atom stereocenters. The highest BCUT2D eigenvalue weighted by atomic mass is 19.3. The summed E-state index contributed by atoms with van der Waals surface area (Å²) >= 11 is 0. The van der Waals surface area contributed by atoms with Crippen molar-refractivity contribution in [1.29, 1.82) is 5.26 Å². The Morgan fingerprint density at radius 3 is 2.94 bits per heavy atom. The molecule has 1 fully saturated rings. The average molecular weight is 450 g/mol. The van der Waals surface area contributed by atoms with E-state index in [1.54, 1.807) is 18.5 Å². The molecule has 0 aliphatic carbocycles. The van der Waals surface area contributed by atoms with Crippen molar-refractivity contribution >= 4 is 35.0 Å². The first-order valence-electron chi connectivity index (χ1n) is 10.2. The Morgan fingerprint density at radius 2 is 2.15 bits per heavy atom.